The van der Waals surface area contributed by atoms with E-state index in [1.54, 1.807) is 24.3 Å². The summed E-state index contributed by atoms with van der Waals surface area (Å²) >= 11 is 6.13. The molecule has 3 heterocycles. The molecule has 2 aromatic heterocycles. The Morgan fingerprint density at radius 2 is 2.11 bits per heavy atom. The summed E-state index contributed by atoms with van der Waals surface area (Å²) in [5.74, 6) is 1.46. The standard InChI is InChI=1S/C24H24ClN5O6/c1-2-24(34)16(11-35-15(22(32)33)10-13-6-4-3-5-7-13)36-21(18(24)31)30-12-26-17-19(27-14-8-9-14)28-23(25)29-20(17)30/h1,3-7,12,14-16,18,21,31,34H,8-11H2,(H,32,33)(H,27,28,29)/t15?,16-,18+,21-,24-/m1/s1. The molecule has 1 saturated carbocycles. The fraction of sp³-hybridized carbons (Fsp3) is 0.417. The van der Waals surface area contributed by atoms with E-state index < -0.39 is 36.1 Å². The van der Waals surface area contributed by atoms with Gasteiger partial charge in [0.25, 0.3) is 0 Å². The molecule has 1 aromatic carbocycles. The summed E-state index contributed by atoms with van der Waals surface area (Å²) in [7, 11) is 0. The molecule has 0 spiro atoms. The van der Waals surface area contributed by atoms with Crippen LogP contribution in [0.3, 0.4) is 0 Å². The van der Waals surface area contributed by atoms with Crippen LogP contribution < -0.4 is 5.32 Å². The van der Waals surface area contributed by atoms with Crippen LogP contribution in [0.1, 0.15) is 24.6 Å². The Balaban J connectivity index is 1.38. The molecule has 0 bridgehead atoms. The van der Waals surface area contributed by atoms with Gasteiger partial charge in [-0.1, -0.05) is 36.3 Å². The van der Waals surface area contributed by atoms with Crippen LogP contribution >= 0.6 is 11.6 Å². The molecule has 5 atom stereocenters. The summed E-state index contributed by atoms with van der Waals surface area (Å²) in [5, 5.41) is 34.9. The van der Waals surface area contributed by atoms with E-state index in [1.165, 1.54) is 10.9 Å². The number of imidazole rings is 1. The first-order valence-electron chi connectivity index (χ1n) is 11.4. The van der Waals surface area contributed by atoms with Crippen molar-refractivity contribution in [3.05, 3.63) is 47.5 Å². The number of fused-ring (bicyclic) bond motifs is 1. The number of benzene rings is 1. The molecule has 11 nitrogen and oxygen atoms in total. The molecule has 2 fully saturated rings. The molecular weight excluding hydrogens is 490 g/mol. The van der Waals surface area contributed by atoms with E-state index in [4.69, 9.17) is 27.5 Å². The Labute approximate surface area is 211 Å². The fourth-order valence-electron chi connectivity index (χ4n) is 4.16. The maximum absolute atomic E-state index is 11.8. The van der Waals surface area contributed by atoms with Gasteiger partial charge in [-0.2, -0.15) is 9.97 Å². The number of carboxylic acids is 1. The highest BCUT2D eigenvalue weighted by Crippen LogP contribution is 2.39. The molecule has 0 radical (unpaired) electrons. The average Bonchev–Trinajstić information content (AvgIpc) is 3.53. The highest BCUT2D eigenvalue weighted by Gasteiger charge is 2.56. The Bertz CT molecular complexity index is 1310. The third-order valence-corrected chi connectivity index (χ3v) is 6.49. The number of terminal acetylenes is 1. The van der Waals surface area contributed by atoms with E-state index in [-0.39, 0.29) is 30.0 Å². The van der Waals surface area contributed by atoms with Crippen LogP contribution in [-0.4, -0.2) is 77.4 Å². The third-order valence-electron chi connectivity index (χ3n) is 6.32. The smallest absolute Gasteiger partial charge is 0.333 e. The number of aliphatic hydroxyl groups is 2. The van der Waals surface area contributed by atoms with Crippen molar-refractivity contribution in [1.29, 1.82) is 0 Å². The summed E-state index contributed by atoms with van der Waals surface area (Å²) in [6.07, 6.45) is 3.84. The molecule has 3 aromatic rings. The first-order valence-corrected chi connectivity index (χ1v) is 11.8. The van der Waals surface area contributed by atoms with Gasteiger partial charge in [-0.15, -0.1) is 6.42 Å². The average molecular weight is 514 g/mol. The number of anilines is 1. The van der Waals surface area contributed by atoms with Crippen LogP contribution in [0.15, 0.2) is 36.7 Å². The number of hydrogen-bond acceptors (Lipinski definition) is 9. The quantitative estimate of drug-likeness (QED) is 0.244. The summed E-state index contributed by atoms with van der Waals surface area (Å²) in [6, 6.07) is 9.26. The van der Waals surface area contributed by atoms with E-state index in [0.29, 0.717) is 11.3 Å². The zero-order valence-electron chi connectivity index (χ0n) is 19.0. The second-order valence-electron chi connectivity index (χ2n) is 8.86. The third kappa shape index (κ3) is 4.61. The molecule has 188 valence electrons. The molecular formula is C24H24ClN5O6. The molecule has 1 aliphatic heterocycles. The summed E-state index contributed by atoms with van der Waals surface area (Å²) in [4.78, 5) is 24.6. The van der Waals surface area contributed by atoms with Gasteiger partial charge in [0.15, 0.2) is 34.9 Å². The van der Waals surface area contributed by atoms with Crippen LogP contribution in [0.2, 0.25) is 5.28 Å². The molecule has 1 saturated heterocycles. The molecule has 36 heavy (non-hydrogen) atoms. The Morgan fingerprint density at radius 1 is 1.36 bits per heavy atom. The van der Waals surface area contributed by atoms with Gasteiger partial charge in [0, 0.05) is 12.5 Å². The lowest BCUT2D eigenvalue weighted by molar-refractivity contribution is -0.156. The molecule has 1 unspecified atom stereocenters. The van der Waals surface area contributed by atoms with Crippen molar-refractivity contribution >= 4 is 34.6 Å². The van der Waals surface area contributed by atoms with Crippen molar-refractivity contribution in [3.8, 4) is 12.3 Å². The van der Waals surface area contributed by atoms with Crippen molar-refractivity contribution < 1.29 is 29.6 Å². The number of hydrogen-bond donors (Lipinski definition) is 4. The van der Waals surface area contributed by atoms with Gasteiger partial charge in [0.05, 0.1) is 12.9 Å². The number of nitrogens with one attached hydrogen (secondary N) is 1. The Kier molecular flexibility index (Phi) is 6.55. The van der Waals surface area contributed by atoms with Gasteiger partial charge in [-0.05, 0) is 30.0 Å². The Morgan fingerprint density at radius 3 is 2.78 bits per heavy atom. The van der Waals surface area contributed by atoms with Crippen LogP contribution in [0.25, 0.3) is 11.2 Å². The molecule has 2 aliphatic rings. The lowest BCUT2D eigenvalue weighted by Crippen LogP contribution is -2.48. The Hall–Kier alpha value is -3.27. The van der Waals surface area contributed by atoms with Crippen molar-refractivity contribution in [2.75, 3.05) is 11.9 Å². The lowest BCUT2D eigenvalue weighted by Gasteiger charge is -2.26. The minimum atomic E-state index is -2.16. The molecule has 1 aliphatic carbocycles. The number of rotatable bonds is 9. The second-order valence-corrected chi connectivity index (χ2v) is 9.20. The van der Waals surface area contributed by atoms with Gasteiger partial charge in [0.2, 0.25) is 5.28 Å². The van der Waals surface area contributed by atoms with E-state index in [0.717, 1.165) is 18.4 Å². The minimum absolute atomic E-state index is 0.0304. The maximum Gasteiger partial charge on any atom is 0.333 e. The van der Waals surface area contributed by atoms with Gasteiger partial charge in [-0.25, -0.2) is 9.78 Å². The van der Waals surface area contributed by atoms with E-state index >= 15 is 0 Å². The van der Waals surface area contributed by atoms with Crippen LogP contribution in [0, 0.1) is 12.3 Å². The fourth-order valence-corrected chi connectivity index (χ4v) is 4.33. The summed E-state index contributed by atoms with van der Waals surface area (Å²) in [6.45, 7) is -0.380. The summed E-state index contributed by atoms with van der Waals surface area (Å²) < 4.78 is 12.9. The zero-order valence-corrected chi connectivity index (χ0v) is 19.7. The second kappa shape index (κ2) is 9.65. The molecule has 0 amide bonds. The number of halogens is 1. The highest BCUT2D eigenvalue weighted by atomic mass is 35.5. The van der Waals surface area contributed by atoms with E-state index in [2.05, 4.69) is 26.2 Å². The number of nitrogens with zero attached hydrogens (tertiary/aromatic N) is 4. The lowest BCUT2D eigenvalue weighted by atomic mass is 9.93. The maximum atomic E-state index is 11.8. The van der Waals surface area contributed by atoms with Gasteiger partial charge in [-0.3, -0.25) is 4.57 Å². The number of aliphatic carboxylic acids is 1. The highest BCUT2D eigenvalue weighted by molar-refractivity contribution is 6.28. The van der Waals surface area contributed by atoms with Crippen molar-refractivity contribution in [3.63, 3.8) is 0 Å². The van der Waals surface area contributed by atoms with Crippen LogP contribution in [0.4, 0.5) is 5.82 Å². The summed E-state index contributed by atoms with van der Waals surface area (Å²) in [5.41, 5.74) is -0.710. The number of carbonyl (C=O) groups is 1. The van der Waals surface area contributed by atoms with Crippen molar-refractivity contribution in [2.45, 2.75) is 55.4 Å². The number of carboxylic acid groups (broad SMARTS) is 1. The van der Waals surface area contributed by atoms with E-state index in [1.807, 2.05) is 6.07 Å². The van der Waals surface area contributed by atoms with Crippen LogP contribution in [0.5, 0.6) is 0 Å². The predicted molar refractivity (Wildman–Crippen MR) is 128 cm³/mol. The first-order chi connectivity index (χ1) is 17.3. The van der Waals surface area contributed by atoms with E-state index in [9.17, 15) is 20.1 Å². The molecule has 5 rings (SSSR count). The first kappa shape index (κ1) is 24.4. The minimum Gasteiger partial charge on any atom is -0.479 e. The number of aromatic nitrogens is 4. The van der Waals surface area contributed by atoms with Crippen molar-refractivity contribution in [1.82, 2.24) is 19.5 Å². The van der Waals surface area contributed by atoms with Crippen molar-refractivity contribution in [2.24, 2.45) is 0 Å². The molecule has 12 heteroatoms. The number of aliphatic hydroxyl groups excluding tert-OH is 1. The predicted octanol–water partition coefficient (Wildman–Crippen LogP) is 1.39. The number of ether oxygens (including phenoxy) is 2. The van der Waals surface area contributed by atoms with Gasteiger partial charge >= 0.3 is 5.97 Å². The topological polar surface area (TPSA) is 152 Å². The SMILES string of the molecule is C#C[C@@]1(O)[C@@H](COC(Cc2ccccc2)C(=O)O)O[C@@H](n2cnc3c(NC4CC4)nc(Cl)nc32)[C@@H]1O. The normalized spacial score (nSPS) is 26.6. The zero-order chi connectivity index (χ0) is 25.4. The van der Waals surface area contributed by atoms with Gasteiger partial charge < -0.3 is 30.1 Å². The van der Waals surface area contributed by atoms with Crippen LogP contribution in [-0.2, 0) is 20.7 Å². The monoisotopic (exact) mass is 513 g/mol. The molecule has 4 N–H and O–H groups in total. The van der Waals surface area contributed by atoms with Gasteiger partial charge in [0.1, 0.15) is 12.2 Å². The largest absolute Gasteiger partial charge is 0.479 e.